The molecule has 2 aliphatic carbocycles. The van der Waals surface area contributed by atoms with E-state index in [1.165, 1.54) is 25.7 Å². The maximum absolute atomic E-state index is 5.16. The molecule has 2 aliphatic rings. The van der Waals surface area contributed by atoms with Crippen molar-refractivity contribution in [2.75, 3.05) is 30.8 Å². The smallest absolute Gasteiger partial charge is 0.322 e. The zero-order valence-electron chi connectivity index (χ0n) is 12.9. The van der Waals surface area contributed by atoms with Crippen molar-refractivity contribution >= 4 is 11.9 Å². The average molecular weight is 291 g/mol. The quantitative estimate of drug-likeness (QED) is 0.728. The van der Waals surface area contributed by atoms with Crippen LogP contribution in [0.1, 0.15) is 39.0 Å². The summed E-state index contributed by atoms with van der Waals surface area (Å²) in [5.41, 5.74) is 0. The normalized spacial score (nSPS) is 17.9. The van der Waals surface area contributed by atoms with E-state index in [0.29, 0.717) is 17.9 Å². The van der Waals surface area contributed by atoms with Gasteiger partial charge >= 0.3 is 6.01 Å². The molecule has 1 aromatic heterocycles. The third-order valence-electron chi connectivity index (χ3n) is 4.28. The van der Waals surface area contributed by atoms with Gasteiger partial charge in [0.05, 0.1) is 7.11 Å². The minimum Gasteiger partial charge on any atom is -0.467 e. The lowest BCUT2D eigenvalue weighted by atomic mass is 9.98. The number of nitrogens with zero attached hydrogens (tertiary/aromatic N) is 3. The third kappa shape index (κ3) is 3.95. The minimum atomic E-state index is 0.362. The fraction of sp³-hybridized carbons (Fsp3) is 0.800. The molecule has 0 aliphatic heterocycles. The van der Waals surface area contributed by atoms with E-state index in [1.807, 2.05) is 0 Å². The van der Waals surface area contributed by atoms with Gasteiger partial charge < -0.3 is 15.4 Å². The molecule has 21 heavy (non-hydrogen) atoms. The van der Waals surface area contributed by atoms with Crippen molar-refractivity contribution in [2.24, 2.45) is 17.8 Å². The Bertz CT molecular complexity index is 461. The van der Waals surface area contributed by atoms with Crippen molar-refractivity contribution in [3.8, 4) is 6.01 Å². The SMILES string of the molecule is CCCNc1nc(NCC(C2CC2)C2CC2)nc(OC)n1. The lowest BCUT2D eigenvalue weighted by Crippen LogP contribution is -2.20. The Hall–Kier alpha value is -1.59. The van der Waals surface area contributed by atoms with Crippen LogP contribution in [0.3, 0.4) is 0 Å². The molecule has 0 radical (unpaired) electrons. The van der Waals surface area contributed by atoms with Crippen LogP contribution in [0.25, 0.3) is 0 Å². The van der Waals surface area contributed by atoms with Crippen LogP contribution < -0.4 is 15.4 Å². The first-order valence-corrected chi connectivity index (χ1v) is 8.08. The van der Waals surface area contributed by atoms with Crippen LogP contribution >= 0.6 is 0 Å². The Morgan fingerprint density at radius 3 is 2.19 bits per heavy atom. The van der Waals surface area contributed by atoms with Crippen LogP contribution in [-0.2, 0) is 0 Å². The first-order chi connectivity index (χ1) is 10.3. The minimum absolute atomic E-state index is 0.362. The van der Waals surface area contributed by atoms with Crippen LogP contribution in [0.15, 0.2) is 0 Å². The van der Waals surface area contributed by atoms with Crippen LogP contribution in [0.5, 0.6) is 6.01 Å². The lowest BCUT2D eigenvalue weighted by molar-refractivity contribution is 0.378. The summed E-state index contributed by atoms with van der Waals surface area (Å²) in [6.07, 6.45) is 6.61. The summed E-state index contributed by atoms with van der Waals surface area (Å²) in [4.78, 5) is 12.9. The molecule has 1 heterocycles. The molecule has 116 valence electrons. The highest BCUT2D eigenvalue weighted by molar-refractivity contribution is 5.36. The number of ether oxygens (including phenoxy) is 1. The Labute approximate surface area is 126 Å². The van der Waals surface area contributed by atoms with E-state index in [4.69, 9.17) is 4.74 Å². The van der Waals surface area contributed by atoms with Crippen LogP contribution in [0.4, 0.5) is 11.9 Å². The van der Waals surface area contributed by atoms with Gasteiger partial charge in [0.25, 0.3) is 0 Å². The average Bonchev–Trinajstić information content (AvgIpc) is 3.37. The number of nitrogens with one attached hydrogen (secondary N) is 2. The number of aromatic nitrogens is 3. The zero-order valence-corrected chi connectivity index (χ0v) is 12.9. The highest BCUT2D eigenvalue weighted by Crippen LogP contribution is 2.49. The predicted molar refractivity (Wildman–Crippen MR) is 82.6 cm³/mol. The van der Waals surface area contributed by atoms with Gasteiger partial charge in [-0.1, -0.05) is 6.92 Å². The molecule has 3 rings (SSSR count). The molecule has 0 bridgehead atoms. The van der Waals surface area contributed by atoms with E-state index in [-0.39, 0.29) is 0 Å². The second-order valence-corrected chi connectivity index (χ2v) is 6.12. The van der Waals surface area contributed by atoms with Gasteiger partial charge in [-0.2, -0.15) is 15.0 Å². The van der Waals surface area contributed by atoms with Gasteiger partial charge in [0.1, 0.15) is 0 Å². The van der Waals surface area contributed by atoms with E-state index in [2.05, 4.69) is 32.5 Å². The monoisotopic (exact) mass is 291 g/mol. The summed E-state index contributed by atoms with van der Waals surface area (Å²) in [7, 11) is 1.58. The summed E-state index contributed by atoms with van der Waals surface area (Å²) < 4.78 is 5.16. The molecule has 0 saturated heterocycles. The highest BCUT2D eigenvalue weighted by Gasteiger charge is 2.41. The van der Waals surface area contributed by atoms with Gasteiger partial charge in [0.2, 0.25) is 11.9 Å². The van der Waals surface area contributed by atoms with Gasteiger partial charge in [-0.15, -0.1) is 0 Å². The van der Waals surface area contributed by atoms with Crippen molar-refractivity contribution in [3.63, 3.8) is 0 Å². The first-order valence-electron chi connectivity index (χ1n) is 8.08. The Kier molecular flexibility index (Phi) is 4.41. The van der Waals surface area contributed by atoms with Gasteiger partial charge in [-0.05, 0) is 49.9 Å². The predicted octanol–water partition coefficient (Wildman–Crippen LogP) is 2.55. The summed E-state index contributed by atoms with van der Waals surface area (Å²) in [5, 5.41) is 6.58. The molecule has 2 saturated carbocycles. The van der Waals surface area contributed by atoms with E-state index in [9.17, 15) is 0 Å². The van der Waals surface area contributed by atoms with Crippen molar-refractivity contribution in [3.05, 3.63) is 0 Å². The maximum atomic E-state index is 5.16. The number of methoxy groups -OCH3 is 1. The standard InChI is InChI=1S/C15H25N5O/c1-3-8-16-13-18-14(20-15(19-13)21-2)17-9-12(10-4-5-10)11-6-7-11/h10-12H,3-9H2,1-2H3,(H2,16,17,18,19,20). The van der Waals surface area contributed by atoms with Crippen LogP contribution in [0.2, 0.25) is 0 Å². The number of hydrogen-bond acceptors (Lipinski definition) is 6. The maximum Gasteiger partial charge on any atom is 0.322 e. The van der Waals surface area contributed by atoms with Gasteiger partial charge in [0, 0.05) is 13.1 Å². The lowest BCUT2D eigenvalue weighted by Gasteiger charge is -2.16. The topological polar surface area (TPSA) is 72.0 Å². The Balaban J connectivity index is 1.62. The van der Waals surface area contributed by atoms with Crippen LogP contribution in [0, 0.1) is 17.8 Å². The van der Waals surface area contributed by atoms with Crippen molar-refractivity contribution in [2.45, 2.75) is 39.0 Å². The molecule has 0 spiro atoms. The molecule has 0 amide bonds. The van der Waals surface area contributed by atoms with Crippen molar-refractivity contribution in [1.29, 1.82) is 0 Å². The van der Waals surface area contributed by atoms with E-state index in [1.54, 1.807) is 7.11 Å². The second kappa shape index (κ2) is 6.45. The van der Waals surface area contributed by atoms with Gasteiger partial charge in [0.15, 0.2) is 0 Å². The zero-order chi connectivity index (χ0) is 14.7. The summed E-state index contributed by atoms with van der Waals surface area (Å²) in [6, 6.07) is 0.362. The fourth-order valence-electron chi connectivity index (χ4n) is 2.82. The van der Waals surface area contributed by atoms with E-state index < -0.39 is 0 Å². The molecule has 6 nitrogen and oxygen atoms in total. The summed E-state index contributed by atoms with van der Waals surface area (Å²) >= 11 is 0. The van der Waals surface area contributed by atoms with Crippen molar-refractivity contribution < 1.29 is 4.74 Å². The van der Waals surface area contributed by atoms with Crippen molar-refractivity contribution in [1.82, 2.24) is 15.0 Å². The summed E-state index contributed by atoms with van der Waals surface area (Å²) in [6.45, 7) is 3.93. The number of hydrogen-bond donors (Lipinski definition) is 2. The van der Waals surface area contributed by atoms with E-state index >= 15 is 0 Å². The molecular formula is C15H25N5O. The largest absolute Gasteiger partial charge is 0.467 e. The molecule has 0 aromatic carbocycles. The highest BCUT2D eigenvalue weighted by atomic mass is 16.5. The Morgan fingerprint density at radius 2 is 1.67 bits per heavy atom. The molecule has 0 unspecified atom stereocenters. The molecule has 1 aromatic rings. The number of anilines is 2. The Morgan fingerprint density at radius 1 is 1.05 bits per heavy atom. The van der Waals surface area contributed by atoms with E-state index in [0.717, 1.165) is 37.3 Å². The van der Waals surface area contributed by atoms with Crippen LogP contribution in [-0.4, -0.2) is 35.2 Å². The first kappa shape index (κ1) is 14.4. The second-order valence-electron chi connectivity index (χ2n) is 6.12. The molecule has 2 fully saturated rings. The third-order valence-corrected chi connectivity index (χ3v) is 4.28. The summed E-state index contributed by atoms with van der Waals surface area (Å²) in [5.74, 6) is 3.84. The molecular weight excluding hydrogens is 266 g/mol. The molecule has 0 atom stereocenters. The van der Waals surface area contributed by atoms with Gasteiger partial charge in [-0.3, -0.25) is 0 Å². The molecule has 2 N–H and O–H groups in total. The fourth-order valence-corrected chi connectivity index (χ4v) is 2.82. The number of rotatable bonds is 9. The van der Waals surface area contributed by atoms with Gasteiger partial charge in [-0.25, -0.2) is 0 Å². The molecule has 6 heteroatoms.